The summed E-state index contributed by atoms with van der Waals surface area (Å²) in [5.74, 6) is -1.36. The molecule has 1 aliphatic carbocycles. The van der Waals surface area contributed by atoms with E-state index in [2.05, 4.69) is 24.5 Å². The van der Waals surface area contributed by atoms with Gasteiger partial charge in [0, 0.05) is 26.7 Å². The van der Waals surface area contributed by atoms with Crippen LogP contribution in [-0.2, 0) is 9.59 Å². The van der Waals surface area contributed by atoms with Gasteiger partial charge >= 0.3 is 0 Å². The van der Waals surface area contributed by atoms with Gasteiger partial charge in [-0.05, 0) is 31.9 Å². The minimum absolute atomic E-state index is 0.104. The summed E-state index contributed by atoms with van der Waals surface area (Å²) < 4.78 is 0. The summed E-state index contributed by atoms with van der Waals surface area (Å²) in [6.45, 7) is 6.57. The Morgan fingerprint density at radius 2 is 1.66 bits per heavy atom. The number of amides is 3. The number of nitrogens with zero attached hydrogens (tertiary/aromatic N) is 2. The molecule has 1 fully saturated rings. The topological polar surface area (TPSA) is 102 Å². The molecular weight excluding hydrogens is 408 g/mol. The lowest BCUT2D eigenvalue weighted by atomic mass is 9.94. The lowest BCUT2D eigenvalue weighted by Gasteiger charge is -2.29. The third-order valence-corrected chi connectivity index (χ3v) is 5.34. The van der Waals surface area contributed by atoms with Crippen molar-refractivity contribution in [3.63, 3.8) is 0 Å². The van der Waals surface area contributed by atoms with Gasteiger partial charge in [0.1, 0.15) is 11.4 Å². The summed E-state index contributed by atoms with van der Waals surface area (Å²) in [4.78, 5) is 41.1. The maximum Gasteiger partial charge on any atom is 0.279 e. The van der Waals surface area contributed by atoms with Crippen LogP contribution in [0.5, 0.6) is 5.75 Å². The predicted molar refractivity (Wildman–Crippen MR) is 125 cm³/mol. The highest BCUT2D eigenvalue weighted by Gasteiger charge is 2.42. The molecule has 1 heterocycles. The van der Waals surface area contributed by atoms with Gasteiger partial charge < -0.3 is 20.6 Å². The standard InChI is InChI=1S/C21H28N4O4.C3H8/c1-4-22-16-17(21(29)25(20(16)28)13-9-6-5-7-10-13)23-15-12-8-11-14(18(15)26)19(27)24(2)3;1-3-2/h8,11-13,22-23,26H,4-7,9-10H2,1-3H3;3H2,1-2H3. The Bertz CT molecular complexity index is 873. The highest BCUT2D eigenvalue weighted by Crippen LogP contribution is 2.33. The minimum Gasteiger partial charge on any atom is -0.505 e. The Labute approximate surface area is 190 Å². The van der Waals surface area contributed by atoms with Crippen molar-refractivity contribution in [2.75, 3.05) is 26.0 Å². The van der Waals surface area contributed by atoms with Gasteiger partial charge in [0.05, 0.1) is 11.3 Å². The quantitative estimate of drug-likeness (QED) is 0.459. The van der Waals surface area contributed by atoms with Crippen molar-refractivity contribution in [2.45, 2.75) is 65.3 Å². The molecule has 176 valence electrons. The van der Waals surface area contributed by atoms with Gasteiger partial charge in [-0.2, -0.15) is 0 Å². The molecule has 0 bridgehead atoms. The molecule has 0 aromatic heterocycles. The zero-order valence-electron chi connectivity index (χ0n) is 19.8. The van der Waals surface area contributed by atoms with Gasteiger partial charge in [-0.1, -0.05) is 45.6 Å². The van der Waals surface area contributed by atoms with E-state index in [0.717, 1.165) is 32.1 Å². The number of hydrogen-bond acceptors (Lipinski definition) is 6. The van der Waals surface area contributed by atoms with E-state index in [4.69, 9.17) is 0 Å². The van der Waals surface area contributed by atoms with Crippen LogP contribution in [0.3, 0.4) is 0 Å². The van der Waals surface area contributed by atoms with E-state index in [9.17, 15) is 19.5 Å². The number of benzene rings is 1. The minimum atomic E-state index is -0.401. The summed E-state index contributed by atoms with van der Waals surface area (Å²) >= 11 is 0. The van der Waals surface area contributed by atoms with Gasteiger partial charge in [-0.25, -0.2) is 0 Å². The molecule has 32 heavy (non-hydrogen) atoms. The highest BCUT2D eigenvalue weighted by molar-refractivity contribution is 6.20. The second-order valence-corrected chi connectivity index (χ2v) is 8.29. The third-order valence-electron chi connectivity index (χ3n) is 5.34. The molecule has 3 rings (SSSR count). The normalized spacial score (nSPS) is 16.6. The second-order valence-electron chi connectivity index (χ2n) is 8.29. The molecular formula is C24H36N4O4. The van der Waals surface area contributed by atoms with Crippen molar-refractivity contribution in [2.24, 2.45) is 0 Å². The van der Waals surface area contributed by atoms with Crippen LogP contribution >= 0.6 is 0 Å². The molecule has 0 spiro atoms. The number of nitrogens with one attached hydrogen (secondary N) is 2. The van der Waals surface area contributed by atoms with Crippen LogP contribution < -0.4 is 10.6 Å². The number of anilines is 1. The first kappa shape index (κ1) is 25.2. The molecule has 1 saturated carbocycles. The van der Waals surface area contributed by atoms with E-state index in [1.807, 2.05) is 6.92 Å². The van der Waals surface area contributed by atoms with Crippen LogP contribution in [0.1, 0.15) is 69.7 Å². The molecule has 3 N–H and O–H groups in total. The molecule has 2 aliphatic rings. The first-order valence-corrected chi connectivity index (χ1v) is 11.4. The van der Waals surface area contributed by atoms with Gasteiger partial charge in [0.25, 0.3) is 17.7 Å². The van der Waals surface area contributed by atoms with Crippen molar-refractivity contribution >= 4 is 23.4 Å². The van der Waals surface area contributed by atoms with E-state index in [-0.39, 0.29) is 46.3 Å². The maximum absolute atomic E-state index is 13.1. The number of carbonyl (C=O) groups excluding carboxylic acids is 3. The molecule has 3 amide bonds. The number of hydrogen-bond donors (Lipinski definition) is 3. The Hall–Kier alpha value is -3.03. The Morgan fingerprint density at radius 1 is 1.06 bits per heavy atom. The third kappa shape index (κ3) is 5.41. The zero-order valence-corrected chi connectivity index (χ0v) is 19.8. The maximum atomic E-state index is 13.1. The smallest absolute Gasteiger partial charge is 0.279 e. The monoisotopic (exact) mass is 444 g/mol. The van der Waals surface area contributed by atoms with Crippen molar-refractivity contribution in [3.05, 3.63) is 35.2 Å². The van der Waals surface area contributed by atoms with E-state index in [0.29, 0.717) is 6.54 Å². The summed E-state index contributed by atoms with van der Waals surface area (Å²) in [5, 5.41) is 16.5. The zero-order chi connectivity index (χ0) is 23.8. The van der Waals surface area contributed by atoms with Crippen LogP contribution in [0, 0.1) is 0 Å². The lowest BCUT2D eigenvalue weighted by molar-refractivity contribution is -0.141. The van der Waals surface area contributed by atoms with Crippen LogP contribution in [0.2, 0.25) is 0 Å². The largest absolute Gasteiger partial charge is 0.505 e. The number of phenols is 1. The Balaban J connectivity index is 0.00000114. The van der Waals surface area contributed by atoms with Crippen molar-refractivity contribution in [3.8, 4) is 5.75 Å². The number of aromatic hydroxyl groups is 1. The molecule has 0 radical (unpaired) electrons. The summed E-state index contributed by atoms with van der Waals surface area (Å²) in [6, 6.07) is 4.59. The average Bonchev–Trinajstić information content (AvgIpc) is 3.00. The van der Waals surface area contributed by atoms with Crippen LogP contribution in [0.15, 0.2) is 29.6 Å². The number of para-hydroxylation sites is 1. The van der Waals surface area contributed by atoms with Crippen LogP contribution in [0.25, 0.3) is 0 Å². The summed E-state index contributed by atoms with van der Waals surface area (Å²) in [6.07, 6.45) is 5.98. The molecule has 8 nitrogen and oxygen atoms in total. The average molecular weight is 445 g/mol. The number of carbonyl (C=O) groups is 3. The highest BCUT2D eigenvalue weighted by atomic mass is 16.3. The lowest BCUT2D eigenvalue weighted by Crippen LogP contribution is -2.43. The second kappa shape index (κ2) is 11.5. The molecule has 1 aromatic rings. The first-order valence-electron chi connectivity index (χ1n) is 11.4. The van der Waals surface area contributed by atoms with E-state index < -0.39 is 5.91 Å². The van der Waals surface area contributed by atoms with Gasteiger partial charge in [0.15, 0.2) is 5.75 Å². The molecule has 0 saturated heterocycles. The SMILES string of the molecule is CCC.CCNC1=C(Nc2cccc(C(=O)N(C)C)c2O)C(=O)N(C2CCCCC2)C1=O. The fourth-order valence-electron chi connectivity index (χ4n) is 3.87. The predicted octanol–water partition coefficient (Wildman–Crippen LogP) is 3.44. The van der Waals surface area contributed by atoms with E-state index in [1.54, 1.807) is 26.2 Å². The fraction of sp³-hybridized carbons (Fsp3) is 0.542. The molecule has 1 aromatic carbocycles. The molecule has 0 atom stereocenters. The fourth-order valence-corrected chi connectivity index (χ4v) is 3.87. The van der Waals surface area contributed by atoms with Gasteiger partial charge in [0.2, 0.25) is 0 Å². The first-order chi connectivity index (χ1) is 15.3. The number of phenolic OH excluding ortho intramolecular Hbond substituents is 1. The van der Waals surface area contributed by atoms with Crippen molar-refractivity contribution in [1.82, 2.24) is 15.1 Å². The van der Waals surface area contributed by atoms with Gasteiger partial charge in [-0.3, -0.25) is 19.3 Å². The molecule has 8 heteroatoms. The van der Waals surface area contributed by atoms with Crippen molar-refractivity contribution in [1.29, 1.82) is 0 Å². The van der Waals surface area contributed by atoms with Crippen molar-refractivity contribution < 1.29 is 19.5 Å². The van der Waals surface area contributed by atoms with E-state index in [1.165, 1.54) is 22.3 Å². The summed E-state index contributed by atoms with van der Waals surface area (Å²) in [7, 11) is 3.18. The number of rotatable bonds is 6. The van der Waals surface area contributed by atoms with Gasteiger partial charge in [-0.15, -0.1) is 0 Å². The van der Waals surface area contributed by atoms with E-state index >= 15 is 0 Å². The van der Waals surface area contributed by atoms with Crippen LogP contribution in [-0.4, -0.2) is 59.3 Å². The number of likely N-dealkylation sites (N-methyl/N-ethyl adjacent to an activating group) is 1. The Morgan fingerprint density at radius 3 is 2.22 bits per heavy atom. The van der Waals surface area contributed by atoms with Crippen LogP contribution in [0.4, 0.5) is 5.69 Å². The molecule has 1 aliphatic heterocycles. The Kier molecular flexibility index (Phi) is 9.11. The number of imide groups is 1. The summed E-state index contributed by atoms with van der Waals surface area (Å²) in [5.41, 5.74) is 0.625. The molecule has 0 unspecified atom stereocenters.